The second-order valence-corrected chi connectivity index (χ2v) is 13.2. The van der Waals surface area contributed by atoms with Crippen LogP contribution in [0.5, 0.6) is 0 Å². The van der Waals surface area contributed by atoms with E-state index in [4.69, 9.17) is 11.1 Å². The van der Waals surface area contributed by atoms with Gasteiger partial charge in [-0.1, -0.05) is 49.6 Å². The van der Waals surface area contributed by atoms with Gasteiger partial charge in [0.2, 0.25) is 15.9 Å². The summed E-state index contributed by atoms with van der Waals surface area (Å²) >= 11 is 0. The van der Waals surface area contributed by atoms with Crippen molar-refractivity contribution < 1.29 is 17.6 Å². The second-order valence-electron chi connectivity index (χ2n) is 11.3. The first kappa shape index (κ1) is 30.0. The lowest BCUT2D eigenvalue weighted by Crippen LogP contribution is -2.51. The minimum Gasteiger partial charge on any atom is -0.384 e. The van der Waals surface area contributed by atoms with Crippen LogP contribution in [-0.4, -0.2) is 62.5 Å². The number of nitrogens with two attached hydrogens (primary N) is 1. The molecule has 0 radical (unpaired) electrons. The molecule has 1 saturated carbocycles. The van der Waals surface area contributed by atoms with E-state index in [1.165, 1.54) is 16.4 Å². The Balaban J connectivity index is 1.33. The average molecular weight is 572 g/mol. The van der Waals surface area contributed by atoms with Crippen LogP contribution < -0.4 is 15.4 Å². The number of sulfonamides is 1. The van der Waals surface area contributed by atoms with Gasteiger partial charge in [-0.15, -0.1) is 0 Å². The lowest BCUT2D eigenvalue weighted by molar-refractivity contribution is -0.121. The predicted octanol–water partition coefficient (Wildman–Crippen LogP) is 4.04. The maximum atomic E-state index is 14.1. The Morgan fingerprint density at radius 2 is 1.77 bits per heavy atom. The van der Waals surface area contributed by atoms with Gasteiger partial charge in [0.15, 0.2) is 0 Å². The standard InChI is InChI=1S/C30H42FN5O3S/c1-22(20-36(28-9-5-8-26(31)19-28)40(38,39)21-24-6-3-2-4-7-24)35-16-14-27(15-17-35)34-29(37)18-23-10-12-25(13-11-23)30(32)33/h5,8-13,19,22,24,27H,2-4,6-7,14-18,20-21H2,1H3,(H3,32,33)(H,34,37)/t22-/m1/s1. The number of carbonyl (C=O) groups excluding carboxylic acids is 1. The average Bonchev–Trinajstić information content (AvgIpc) is 2.92. The number of nitrogen functional groups attached to an aromatic ring is 1. The maximum absolute atomic E-state index is 14.1. The molecule has 1 saturated heterocycles. The summed E-state index contributed by atoms with van der Waals surface area (Å²) in [7, 11) is -3.63. The quantitative estimate of drug-likeness (QED) is 0.278. The Kier molecular flexibility index (Phi) is 10.2. The fraction of sp³-hybridized carbons (Fsp3) is 0.533. The van der Waals surface area contributed by atoms with E-state index in [1.807, 2.05) is 19.1 Å². The van der Waals surface area contributed by atoms with E-state index in [0.29, 0.717) is 11.3 Å². The summed E-state index contributed by atoms with van der Waals surface area (Å²) in [5.74, 6) is -0.251. The van der Waals surface area contributed by atoms with Crippen molar-refractivity contribution >= 4 is 27.5 Å². The van der Waals surface area contributed by atoms with Gasteiger partial charge < -0.3 is 11.1 Å². The van der Waals surface area contributed by atoms with Gasteiger partial charge >= 0.3 is 0 Å². The number of hydrogen-bond acceptors (Lipinski definition) is 5. The topological polar surface area (TPSA) is 120 Å². The molecule has 10 heteroatoms. The molecule has 0 bridgehead atoms. The van der Waals surface area contributed by atoms with Crippen molar-refractivity contribution in [3.8, 4) is 0 Å². The van der Waals surface area contributed by atoms with E-state index < -0.39 is 15.8 Å². The third kappa shape index (κ3) is 8.27. The number of likely N-dealkylation sites (tertiary alicyclic amines) is 1. The van der Waals surface area contributed by atoms with Crippen LogP contribution in [0.15, 0.2) is 48.5 Å². The van der Waals surface area contributed by atoms with Crippen molar-refractivity contribution in [3.63, 3.8) is 0 Å². The molecule has 2 aliphatic rings. The van der Waals surface area contributed by atoms with Crippen LogP contribution in [0, 0.1) is 17.1 Å². The molecule has 2 aromatic carbocycles. The first-order valence-electron chi connectivity index (χ1n) is 14.3. The molecule has 0 unspecified atom stereocenters. The molecule has 1 aliphatic heterocycles. The van der Waals surface area contributed by atoms with Crippen LogP contribution in [-0.2, 0) is 21.2 Å². The molecule has 4 rings (SSSR count). The Labute approximate surface area is 237 Å². The van der Waals surface area contributed by atoms with Crippen LogP contribution in [0.4, 0.5) is 10.1 Å². The molecule has 8 nitrogen and oxygen atoms in total. The number of hydrogen-bond donors (Lipinski definition) is 3. The molecule has 1 heterocycles. The van der Waals surface area contributed by atoms with Gasteiger partial charge in [0.1, 0.15) is 11.7 Å². The van der Waals surface area contributed by atoms with Crippen molar-refractivity contribution in [1.82, 2.24) is 10.2 Å². The molecular formula is C30H42FN5O3S. The van der Waals surface area contributed by atoms with Crippen LogP contribution in [0.25, 0.3) is 0 Å². The smallest absolute Gasteiger partial charge is 0.235 e. The molecule has 0 aromatic heterocycles. The van der Waals surface area contributed by atoms with Crippen LogP contribution in [0.3, 0.4) is 0 Å². The lowest BCUT2D eigenvalue weighted by Gasteiger charge is -2.39. The Bertz CT molecular complexity index is 1260. The van der Waals surface area contributed by atoms with Crippen molar-refractivity contribution in [2.45, 2.75) is 70.4 Å². The summed E-state index contributed by atoms with van der Waals surface area (Å²) in [6.07, 6.45) is 6.94. The molecule has 2 fully saturated rings. The van der Waals surface area contributed by atoms with Crippen LogP contribution >= 0.6 is 0 Å². The highest BCUT2D eigenvalue weighted by Crippen LogP contribution is 2.29. The Morgan fingerprint density at radius 3 is 2.40 bits per heavy atom. The van der Waals surface area contributed by atoms with Crippen molar-refractivity contribution in [2.75, 3.05) is 29.7 Å². The third-order valence-electron chi connectivity index (χ3n) is 8.18. The largest absolute Gasteiger partial charge is 0.384 e. The zero-order valence-corrected chi connectivity index (χ0v) is 24.1. The summed E-state index contributed by atoms with van der Waals surface area (Å²) in [4.78, 5) is 14.9. The number of halogens is 1. The minimum absolute atomic E-state index is 0.00198. The highest BCUT2D eigenvalue weighted by molar-refractivity contribution is 7.92. The Hall–Kier alpha value is -2.98. The fourth-order valence-corrected chi connectivity index (χ4v) is 7.85. The van der Waals surface area contributed by atoms with E-state index in [2.05, 4.69) is 10.2 Å². The second kappa shape index (κ2) is 13.6. The maximum Gasteiger partial charge on any atom is 0.235 e. The van der Waals surface area contributed by atoms with Gasteiger partial charge in [-0.05, 0) is 62.3 Å². The fourth-order valence-electron chi connectivity index (χ4n) is 5.86. The van der Waals surface area contributed by atoms with Crippen molar-refractivity contribution in [2.24, 2.45) is 11.7 Å². The lowest BCUT2D eigenvalue weighted by atomic mass is 9.91. The first-order chi connectivity index (χ1) is 19.1. The summed E-state index contributed by atoms with van der Waals surface area (Å²) in [5, 5.41) is 10.6. The van der Waals surface area contributed by atoms with Gasteiger partial charge in [-0.2, -0.15) is 0 Å². The monoisotopic (exact) mass is 571 g/mol. The van der Waals surface area contributed by atoms with Crippen LogP contribution in [0.1, 0.15) is 63.0 Å². The number of amidine groups is 1. The summed E-state index contributed by atoms with van der Waals surface area (Å²) in [6, 6.07) is 13.0. The van der Waals surface area contributed by atoms with E-state index >= 15 is 0 Å². The van der Waals surface area contributed by atoms with E-state index in [9.17, 15) is 17.6 Å². The minimum atomic E-state index is -3.63. The van der Waals surface area contributed by atoms with Crippen molar-refractivity contribution in [3.05, 3.63) is 65.5 Å². The number of nitrogens with zero attached hydrogens (tertiary/aromatic N) is 2. The van der Waals surface area contributed by atoms with Gasteiger partial charge in [0.25, 0.3) is 0 Å². The number of amides is 1. The molecular weight excluding hydrogens is 529 g/mol. The molecule has 2 aromatic rings. The molecule has 4 N–H and O–H groups in total. The van der Waals surface area contributed by atoms with Gasteiger partial charge in [-0.3, -0.25) is 19.4 Å². The number of benzene rings is 2. The van der Waals surface area contributed by atoms with E-state index in [-0.39, 0.29) is 48.5 Å². The number of nitrogens with one attached hydrogen (secondary N) is 2. The predicted molar refractivity (Wildman–Crippen MR) is 157 cm³/mol. The highest BCUT2D eigenvalue weighted by Gasteiger charge is 2.31. The molecule has 218 valence electrons. The normalized spacial score (nSPS) is 18.2. The number of piperidine rings is 1. The number of carbonyl (C=O) groups is 1. The molecule has 1 amide bonds. The summed E-state index contributed by atoms with van der Waals surface area (Å²) in [6.45, 7) is 3.75. The first-order valence-corrected chi connectivity index (χ1v) is 15.9. The number of anilines is 1. The SMILES string of the molecule is C[C@H](CN(c1cccc(F)c1)S(=O)(=O)CC1CCCCC1)N1CCC(NC(=O)Cc2ccc(C(=N)N)cc2)CC1. The molecule has 0 spiro atoms. The van der Waals surface area contributed by atoms with E-state index in [1.54, 1.807) is 24.3 Å². The van der Waals surface area contributed by atoms with E-state index in [0.717, 1.165) is 63.6 Å². The van der Waals surface area contributed by atoms with Gasteiger partial charge in [0.05, 0.1) is 17.9 Å². The molecule has 1 aliphatic carbocycles. The number of rotatable bonds is 11. The van der Waals surface area contributed by atoms with Crippen molar-refractivity contribution in [1.29, 1.82) is 5.41 Å². The summed E-state index contributed by atoms with van der Waals surface area (Å²) in [5.41, 5.74) is 7.36. The Morgan fingerprint density at radius 1 is 1.10 bits per heavy atom. The highest BCUT2D eigenvalue weighted by atomic mass is 32.2. The molecule has 40 heavy (non-hydrogen) atoms. The molecule has 1 atom stereocenters. The van der Waals surface area contributed by atoms with Gasteiger partial charge in [-0.25, -0.2) is 12.8 Å². The zero-order valence-electron chi connectivity index (χ0n) is 23.3. The summed E-state index contributed by atoms with van der Waals surface area (Å²) < 4.78 is 42.8. The zero-order chi connectivity index (χ0) is 28.7. The third-order valence-corrected chi connectivity index (χ3v) is 10.1. The van der Waals surface area contributed by atoms with Gasteiger partial charge in [0, 0.05) is 37.3 Å². The van der Waals surface area contributed by atoms with Crippen LogP contribution in [0.2, 0.25) is 0 Å².